The first kappa shape index (κ1) is 22.5. The standard InChI is InChI=1S/C21H24BrN3O4S/c1-21(20(27)23-12-16-8-4-3-5-9-16)15-24(30(2,28)29)14-19(26)25(21)13-17-10-6-7-11-18(17)22/h3-11H,12-15H2,1-2H3,(H,23,27)/t21-/m0/s1. The number of carbonyl (C=O) groups excluding carboxylic acids is 2. The predicted octanol–water partition coefficient (Wildman–Crippen LogP) is 2.13. The predicted molar refractivity (Wildman–Crippen MR) is 118 cm³/mol. The number of hydrogen-bond acceptors (Lipinski definition) is 4. The number of nitrogens with one attached hydrogen (secondary N) is 1. The number of piperazine rings is 1. The van der Waals surface area contributed by atoms with Gasteiger partial charge in [-0.3, -0.25) is 9.59 Å². The fourth-order valence-corrected chi connectivity index (χ4v) is 4.69. The molecule has 1 aliphatic rings. The zero-order chi connectivity index (χ0) is 21.9. The summed E-state index contributed by atoms with van der Waals surface area (Å²) >= 11 is 3.48. The highest BCUT2D eigenvalue weighted by Crippen LogP contribution is 2.28. The first-order valence-electron chi connectivity index (χ1n) is 9.42. The Morgan fingerprint density at radius 3 is 2.40 bits per heavy atom. The molecular formula is C21H24BrN3O4S. The van der Waals surface area contributed by atoms with Gasteiger partial charge in [0.1, 0.15) is 5.54 Å². The summed E-state index contributed by atoms with van der Waals surface area (Å²) in [5, 5.41) is 2.87. The van der Waals surface area contributed by atoms with Crippen molar-refractivity contribution < 1.29 is 18.0 Å². The smallest absolute Gasteiger partial charge is 0.247 e. The van der Waals surface area contributed by atoms with Crippen LogP contribution in [0.3, 0.4) is 0 Å². The van der Waals surface area contributed by atoms with E-state index in [1.807, 2.05) is 54.6 Å². The average Bonchev–Trinajstić information content (AvgIpc) is 2.70. The number of sulfonamides is 1. The molecule has 7 nitrogen and oxygen atoms in total. The molecule has 1 N–H and O–H groups in total. The molecule has 1 fully saturated rings. The topological polar surface area (TPSA) is 86.8 Å². The molecule has 0 aliphatic carbocycles. The summed E-state index contributed by atoms with van der Waals surface area (Å²) in [7, 11) is -3.64. The minimum absolute atomic E-state index is 0.108. The number of nitrogens with zero attached hydrogens (tertiary/aromatic N) is 2. The summed E-state index contributed by atoms with van der Waals surface area (Å²) in [6.07, 6.45) is 1.05. The highest BCUT2D eigenvalue weighted by molar-refractivity contribution is 9.10. The fourth-order valence-electron chi connectivity index (χ4n) is 3.45. The van der Waals surface area contributed by atoms with E-state index >= 15 is 0 Å². The van der Waals surface area contributed by atoms with Crippen molar-refractivity contribution in [3.05, 3.63) is 70.2 Å². The molecule has 3 rings (SSSR count). The Labute approximate surface area is 185 Å². The van der Waals surface area contributed by atoms with Gasteiger partial charge in [0, 0.05) is 24.1 Å². The molecule has 2 amide bonds. The normalized spacial score (nSPS) is 20.2. The van der Waals surface area contributed by atoms with Crippen molar-refractivity contribution in [3.8, 4) is 0 Å². The Balaban J connectivity index is 1.91. The summed E-state index contributed by atoms with van der Waals surface area (Å²) in [6.45, 7) is 1.69. The van der Waals surface area contributed by atoms with Gasteiger partial charge in [-0.2, -0.15) is 4.31 Å². The molecule has 1 heterocycles. The van der Waals surface area contributed by atoms with Gasteiger partial charge >= 0.3 is 0 Å². The molecule has 2 aromatic carbocycles. The van der Waals surface area contributed by atoms with Crippen molar-refractivity contribution in [2.45, 2.75) is 25.6 Å². The Morgan fingerprint density at radius 2 is 1.77 bits per heavy atom. The fraction of sp³-hybridized carbons (Fsp3) is 0.333. The van der Waals surface area contributed by atoms with Gasteiger partial charge in [-0.1, -0.05) is 64.5 Å². The summed E-state index contributed by atoms with van der Waals surface area (Å²) in [4.78, 5) is 27.7. The van der Waals surface area contributed by atoms with Gasteiger partial charge in [0.2, 0.25) is 21.8 Å². The van der Waals surface area contributed by atoms with Crippen molar-refractivity contribution in [1.82, 2.24) is 14.5 Å². The Morgan fingerprint density at radius 1 is 1.13 bits per heavy atom. The third-order valence-electron chi connectivity index (χ3n) is 5.23. The minimum Gasteiger partial charge on any atom is -0.350 e. The van der Waals surface area contributed by atoms with E-state index < -0.39 is 27.4 Å². The molecule has 0 spiro atoms. The van der Waals surface area contributed by atoms with E-state index in [1.165, 1.54) is 4.90 Å². The lowest BCUT2D eigenvalue weighted by molar-refractivity contribution is -0.153. The molecule has 1 saturated heterocycles. The maximum atomic E-state index is 13.3. The van der Waals surface area contributed by atoms with Crippen LogP contribution in [0.25, 0.3) is 0 Å². The maximum absolute atomic E-state index is 13.3. The van der Waals surface area contributed by atoms with Crippen molar-refractivity contribution in [1.29, 1.82) is 0 Å². The van der Waals surface area contributed by atoms with Gasteiger partial charge in [0.25, 0.3) is 0 Å². The molecule has 30 heavy (non-hydrogen) atoms. The molecule has 1 aliphatic heterocycles. The minimum atomic E-state index is -3.64. The number of rotatable bonds is 6. The van der Waals surface area contributed by atoms with E-state index in [0.717, 1.165) is 26.2 Å². The van der Waals surface area contributed by atoms with Crippen LogP contribution in [0.2, 0.25) is 0 Å². The number of halogens is 1. The molecule has 1 atom stereocenters. The molecule has 160 valence electrons. The number of amides is 2. The van der Waals surface area contributed by atoms with E-state index in [-0.39, 0.29) is 26.2 Å². The molecular weight excluding hydrogens is 470 g/mol. The average molecular weight is 494 g/mol. The van der Waals surface area contributed by atoms with Gasteiger partial charge in [-0.25, -0.2) is 8.42 Å². The number of benzene rings is 2. The third kappa shape index (κ3) is 4.91. The van der Waals surface area contributed by atoms with E-state index in [1.54, 1.807) is 6.92 Å². The molecule has 2 aromatic rings. The van der Waals surface area contributed by atoms with Gasteiger partial charge in [0.15, 0.2) is 0 Å². The first-order valence-corrected chi connectivity index (χ1v) is 12.1. The van der Waals surface area contributed by atoms with Crippen LogP contribution in [0.5, 0.6) is 0 Å². The Hall–Kier alpha value is -2.23. The quantitative estimate of drug-likeness (QED) is 0.667. The van der Waals surface area contributed by atoms with Gasteiger partial charge in [-0.05, 0) is 24.1 Å². The van der Waals surface area contributed by atoms with E-state index in [9.17, 15) is 18.0 Å². The lowest BCUT2D eigenvalue weighted by Gasteiger charge is -2.46. The van der Waals surface area contributed by atoms with Crippen LogP contribution in [0.4, 0.5) is 0 Å². The van der Waals surface area contributed by atoms with Gasteiger partial charge in [-0.15, -0.1) is 0 Å². The largest absolute Gasteiger partial charge is 0.350 e. The number of hydrogen-bond donors (Lipinski definition) is 1. The molecule has 9 heteroatoms. The first-order chi connectivity index (χ1) is 14.1. The molecule has 0 unspecified atom stereocenters. The zero-order valence-corrected chi connectivity index (χ0v) is 19.2. The lowest BCUT2D eigenvalue weighted by atomic mass is 9.94. The summed E-state index contributed by atoms with van der Waals surface area (Å²) in [5.74, 6) is -0.820. The highest BCUT2D eigenvalue weighted by atomic mass is 79.9. The summed E-state index contributed by atoms with van der Waals surface area (Å²) in [6, 6.07) is 16.8. The molecule has 0 aromatic heterocycles. The van der Waals surface area contributed by atoms with Crippen molar-refractivity contribution in [3.63, 3.8) is 0 Å². The molecule has 0 saturated carbocycles. The molecule has 0 bridgehead atoms. The van der Waals surface area contributed by atoms with Crippen LogP contribution in [-0.2, 0) is 32.7 Å². The van der Waals surface area contributed by atoms with Crippen molar-refractivity contribution in [2.24, 2.45) is 0 Å². The second-order valence-electron chi connectivity index (χ2n) is 7.54. The van der Waals surface area contributed by atoms with E-state index in [4.69, 9.17) is 0 Å². The second-order valence-corrected chi connectivity index (χ2v) is 10.4. The summed E-state index contributed by atoms with van der Waals surface area (Å²) < 4.78 is 26.2. The van der Waals surface area contributed by atoms with Crippen LogP contribution >= 0.6 is 15.9 Å². The van der Waals surface area contributed by atoms with Crippen LogP contribution in [-0.4, -0.2) is 54.3 Å². The highest BCUT2D eigenvalue weighted by Gasteiger charge is 2.49. The maximum Gasteiger partial charge on any atom is 0.247 e. The SMILES string of the molecule is C[C@@]1(C(=O)NCc2ccccc2)CN(S(C)(=O)=O)CC(=O)N1Cc1ccccc1Br. The Bertz CT molecular complexity index is 1050. The van der Waals surface area contributed by atoms with Crippen molar-refractivity contribution in [2.75, 3.05) is 19.3 Å². The third-order valence-corrected chi connectivity index (χ3v) is 7.20. The van der Waals surface area contributed by atoms with Crippen LogP contribution < -0.4 is 5.32 Å². The van der Waals surface area contributed by atoms with Crippen molar-refractivity contribution >= 4 is 37.8 Å². The van der Waals surface area contributed by atoms with Crippen LogP contribution in [0.1, 0.15) is 18.1 Å². The van der Waals surface area contributed by atoms with Gasteiger partial charge < -0.3 is 10.2 Å². The lowest BCUT2D eigenvalue weighted by Crippen LogP contribution is -2.69. The van der Waals surface area contributed by atoms with E-state index in [0.29, 0.717) is 0 Å². The molecule has 0 radical (unpaired) electrons. The van der Waals surface area contributed by atoms with Crippen LogP contribution in [0.15, 0.2) is 59.1 Å². The number of carbonyl (C=O) groups is 2. The monoisotopic (exact) mass is 493 g/mol. The zero-order valence-electron chi connectivity index (χ0n) is 16.8. The Kier molecular flexibility index (Phi) is 6.64. The van der Waals surface area contributed by atoms with Crippen LogP contribution in [0, 0.1) is 0 Å². The summed E-state index contributed by atoms with van der Waals surface area (Å²) in [5.41, 5.74) is 0.386. The van der Waals surface area contributed by atoms with E-state index in [2.05, 4.69) is 21.2 Å². The second kappa shape index (κ2) is 8.87. The van der Waals surface area contributed by atoms with Gasteiger partial charge in [0.05, 0.1) is 12.8 Å².